The van der Waals surface area contributed by atoms with Crippen LogP contribution in [0.4, 0.5) is 0 Å². The molecule has 5 aliphatic rings. The van der Waals surface area contributed by atoms with E-state index in [4.69, 9.17) is 35.3 Å². The van der Waals surface area contributed by atoms with Crippen molar-refractivity contribution < 1.29 is 48.3 Å². The molecule has 11 heteroatoms. The van der Waals surface area contributed by atoms with Gasteiger partial charge in [-0.1, -0.05) is 13.5 Å². The lowest BCUT2D eigenvalue weighted by atomic mass is 9.51. The summed E-state index contributed by atoms with van der Waals surface area (Å²) in [4.78, 5) is 37.5. The molecule has 5 fully saturated rings. The molecule has 2 spiro atoms. The third kappa shape index (κ3) is 3.19. The Hall–Kier alpha value is -1.72. The molecule has 0 aromatic heterocycles. The Labute approximate surface area is 207 Å². The van der Waals surface area contributed by atoms with Crippen LogP contribution in [0.15, 0.2) is 12.2 Å². The fourth-order valence-electron chi connectivity index (χ4n) is 7.14. The molecular weight excluding hydrogens is 484 g/mol. The molecule has 4 saturated heterocycles. The van der Waals surface area contributed by atoms with Gasteiger partial charge in [-0.3, -0.25) is 14.4 Å². The van der Waals surface area contributed by atoms with Crippen LogP contribution in [-0.2, 0) is 38.1 Å². The predicted octanol–water partition coefficient (Wildman–Crippen LogP) is 0.633. The summed E-state index contributed by atoms with van der Waals surface area (Å²) in [5.41, 5.74) is -3.60. The van der Waals surface area contributed by atoms with E-state index in [1.807, 2.05) is 0 Å². The maximum atomic E-state index is 12.9. The van der Waals surface area contributed by atoms with Crippen LogP contribution in [0, 0.1) is 17.3 Å². The van der Waals surface area contributed by atoms with Gasteiger partial charge in [0.15, 0.2) is 11.7 Å². The number of alkyl halides is 1. The molecule has 1 aliphatic carbocycles. The van der Waals surface area contributed by atoms with Crippen molar-refractivity contribution in [1.82, 2.24) is 0 Å². The number of halogens is 1. The molecule has 0 aromatic rings. The monoisotopic (exact) mass is 514 g/mol. The molecule has 35 heavy (non-hydrogen) atoms. The van der Waals surface area contributed by atoms with Crippen molar-refractivity contribution in [2.45, 2.75) is 93.7 Å². The van der Waals surface area contributed by atoms with Gasteiger partial charge in [-0.25, -0.2) is 0 Å². The van der Waals surface area contributed by atoms with Crippen molar-refractivity contribution in [3.8, 4) is 0 Å². The molecule has 1 saturated carbocycles. The molecular formula is C24H31ClO10. The Morgan fingerprint density at radius 1 is 1.20 bits per heavy atom. The predicted molar refractivity (Wildman–Crippen MR) is 118 cm³/mol. The largest absolute Gasteiger partial charge is 0.462 e. The molecule has 4 aliphatic heterocycles. The van der Waals surface area contributed by atoms with Crippen molar-refractivity contribution in [1.29, 1.82) is 0 Å². The maximum Gasteiger partial charge on any atom is 0.312 e. The SMILES string of the molecule is C=C1[C@H](Cl)[C@@H]2OC(=O)[C@H](C)[C@]23O[C@@H]1[C@@H](O)[C@H](O)[C@@]1(C)[C@@H](OC(C)=O)CC[C@]2(CO2)[C@@H]1[C@@H]3OC(C)=O. The van der Waals surface area contributed by atoms with Gasteiger partial charge in [0.05, 0.1) is 29.6 Å². The molecule has 0 unspecified atom stereocenters. The van der Waals surface area contributed by atoms with Gasteiger partial charge >= 0.3 is 17.9 Å². The zero-order chi connectivity index (χ0) is 25.7. The molecule has 2 N–H and O–H groups in total. The highest BCUT2D eigenvalue weighted by Crippen LogP contribution is 2.64. The first-order chi connectivity index (χ1) is 16.3. The molecule has 0 aromatic carbocycles. The lowest BCUT2D eigenvalue weighted by Gasteiger charge is -2.61. The Kier molecular flexibility index (Phi) is 5.62. The standard InChI is InChI=1S/C24H31ClO10/c1-9-14(25)19-24(10(2)21(30)34-19)20(33-12(4)27)17-22(5,18(29)15(28)16(9)35-24)13(32-11(3)26)6-7-23(17)8-31-23/h10,13-20,28-29H,1,6-8H2,2-5H3/t10-,13-,14-,15+,16-,17+,18-,19-,20-,22-,23-,24-/m0/s1. The number of rotatable bonds is 2. The summed E-state index contributed by atoms with van der Waals surface area (Å²) in [5.74, 6) is -3.57. The van der Waals surface area contributed by atoms with E-state index in [0.717, 1.165) is 0 Å². The van der Waals surface area contributed by atoms with Crippen LogP contribution < -0.4 is 0 Å². The zero-order valence-electron chi connectivity index (χ0n) is 20.1. The number of esters is 3. The van der Waals surface area contributed by atoms with E-state index in [9.17, 15) is 24.6 Å². The fraction of sp³-hybridized carbons (Fsp3) is 0.792. The maximum absolute atomic E-state index is 12.9. The second kappa shape index (κ2) is 7.89. The fourth-order valence-corrected chi connectivity index (χ4v) is 7.51. The minimum absolute atomic E-state index is 0.224. The first-order valence-electron chi connectivity index (χ1n) is 11.9. The van der Waals surface area contributed by atoms with Gasteiger partial charge < -0.3 is 33.9 Å². The molecule has 5 rings (SSSR count). The molecule has 0 radical (unpaired) electrons. The van der Waals surface area contributed by atoms with Crippen molar-refractivity contribution >= 4 is 29.5 Å². The van der Waals surface area contributed by atoms with E-state index in [2.05, 4.69) is 6.58 Å². The molecule has 10 nitrogen and oxygen atoms in total. The van der Waals surface area contributed by atoms with E-state index in [0.29, 0.717) is 19.4 Å². The number of hydrogen-bond donors (Lipinski definition) is 2. The second-order valence-corrected chi connectivity index (χ2v) is 11.2. The lowest BCUT2D eigenvalue weighted by Crippen LogP contribution is -2.76. The topological polar surface area (TPSA) is 141 Å². The number of carbonyl (C=O) groups excluding carboxylic acids is 3. The van der Waals surface area contributed by atoms with Crippen LogP contribution >= 0.6 is 11.6 Å². The third-order valence-corrected chi connectivity index (χ3v) is 9.44. The van der Waals surface area contributed by atoms with E-state index in [1.165, 1.54) is 13.8 Å². The smallest absolute Gasteiger partial charge is 0.312 e. The van der Waals surface area contributed by atoms with Crippen molar-refractivity contribution in [2.24, 2.45) is 17.3 Å². The Bertz CT molecular complexity index is 979. The number of fused-ring (bicyclic) bond motifs is 3. The normalized spacial score (nSPS) is 52.5. The van der Waals surface area contributed by atoms with Crippen LogP contribution in [0.1, 0.15) is 40.5 Å². The minimum atomic E-state index is -1.61. The first-order valence-corrected chi connectivity index (χ1v) is 12.3. The number of aliphatic hydroxyl groups is 2. The van der Waals surface area contributed by atoms with Gasteiger partial charge in [0, 0.05) is 25.2 Å². The van der Waals surface area contributed by atoms with Gasteiger partial charge in [-0.05, 0) is 25.3 Å². The van der Waals surface area contributed by atoms with E-state index in [1.54, 1.807) is 13.8 Å². The summed E-state index contributed by atoms with van der Waals surface area (Å²) in [6.45, 7) is 10.1. The first kappa shape index (κ1) is 25.0. The van der Waals surface area contributed by atoms with Crippen LogP contribution in [0.25, 0.3) is 0 Å². The number of hydrogen-bond acceptors (Lipinski definition) is 10. The second-order valence-electron chi connectivity index (χ2n) is 10.7. The average Bonchev–Trinajstić information content (AvgIpc) is 3.50. The average molecular weight is 515 g/mol. The van der Waals surface area contributed by atoms with Crippen LogP contribution in [-0.4, -0.2) is 87.9 Å². The minimum Gasteiger partial charge on any atom is -0.462 e. The van der Waals surface area contributed by atoms with Gasteiger partial charge in [0.1, 0.15) is 24.4 Å². The van der Waals surface area contributed by atoms with Crippen LogP contribution in [0.2, 0.25) is 0 Å². The number of aliphatic hydroxyl groups excluding tert-OH is 2. The summed E-state index contributed by atoms with van der Waals surface area (Å²) in [6, 6.07) is 0. The summed E-state index contributed by atoms with van der Waals surface area (Å²) in [5, 5.41) is 22.2. The molecule has 2 bridgehead atoms. The number of carbonyl (C=O) groups is 3. The highest BCUT2D eigenvalue weighted by atomic mass is 35.5. The Balaban J connectivity index is 1.79. The van der Waals surface area contributed by atoms with Crippen molar-refractivity contribution in [3.63, 3.8) is 0 Å². The van der Waals surface area contributed by atoms with Crippen molar-refractivity contribution in [3.05, 3.63) is 12.2 Å². The Morgan fingerprint density at radius 3 is 2.40 bits per heavy atom. The van der Waals surface area contributed by atoms with Crippen LogP contribution in [0.5, 0.6) is 0 Å². The molecule has 4 heterocycles. The summed E-state index contributed by atoms with van der Waals surface area (Å²) in [6.07, 6.45) is -6.55. The van der Waals surface area contributed by atoms with Crippen LogP contribution in [0.3, 0.4) is 0 Å². The Morgan fingerprint density at radius 2 is 1.83 bits per heavy atom. The third-order valence-electron chi connectivity index (χ3n) is 8.93. The summed E-state index contributed by atoms with van der Waals surface area (Å²) in [7, 11) is 0. The summed E-state index contributed by atoms with van der Waals surface area (Å²) < 4.78 is 29.7. The van der Waals surface area contributed by atoms with Gasteiger partial charge in [0.25, 0.3) is 0 Å². The molecule has 0 amide bonds. The zero-order valence-corrected chi connectivity index (χ0v) is 20.8. The lowest BCUT2D eigenvalue weighted by molar-refractivity contribution is -0.305. The van der Waals surface area contributed by atoms with Gasteiger partial charge in [0.2, 0.25) is 0 Å². The summed E-state index contributed by atoms with van der Waals surface area (Å²) >= 11 is 6.74. The van der Waals surface area contributed by atoms with Crippen molar-refractivity contribution in [2.75, 3.05) is 6.61 Å². The highest BCUT2D eigenvalue weighted by Gasteiger charge is 2.79. The molecule has 194 valence electrons. The van der Waals surface area contributed by atoms with E-state index in [-0.39, 0.29) is 5.57 Å². The quantitative estimate of drug-likeness (QED) is 0.177. The highest BCUT2D eigenvalue weighted by molar-refractivity contribution is 6.23. The van der Waals surface area contributed by atoms with E-state index < -0.39 is 88.4 Å². The van der Waals surface area contributed by atoms with Gasteiger partial charge in [-0.15, -0.1) is 11.6 Å². The van der Waals surface area contributed by atoms with Gasteiger partial charge in [-0.2, -0.15) is 0 Å². The number of ether oxygens (including phenoxy) is 5. The van der Waals surface area contributed by atoms with E-state index >= 15 is 0 Å². The molecule has 12 atom stereocenters. The number of epoxide rings is 1.